The Hall–Kier alpha value is -1.48. The molecular formula is C10H7ClN2O. The molecule has 4 heteroatoms. The van der Waals surface area contributed by atoms with Gasteiger partial charge in [-0.05, 0) is 25.1 Å². The molecule has 14 heavy (non-hydrogen) atoms. The Morgan fingerprint density at radius 2 is 2.07 bits per heavy atom. The highest BCUT2D eigenvalue weighted by atomic mass is 35.5. The van der Waals surface area contributed by atoms with Gasteiger partial charge in [0.1, 0.15) is 5.69 Å². The predicted octanol–water partition coefficient (Wildman–Crippen LogP) is 2.40. The Bertz CT molecular complexity index is 511. The van der Waals surface area contributed by atoms with Gasteiger partial charge in [0.15, 0.2) is 6.29 Å². The maximum absolute atomic E-state index is 10.6. The summed E-state index contributed by atoms with van der Waals surface area (Å²) in [6.45, 7) is 1.75. The van der Waals surface area contributed by atoms with E-state index in [-0.39, 0.29) is 0 Å². The van der Waals surface area contributed by atoms with Crippen molar-refractivity contribution in [3.05, 3.63) is 34.6 Å². The van der Waals surface area contributed by atoms with E-state index in [0.717, 1.165) is 5.52 Å². The summed E-state index contributed by atoms with van der Waals surface area (Å²) in [5, 5.41) is 0.590. The fourth-order valence-electron chi connectivity index (χ4n) is 1.24. The second-order valence-electron chi connectivity index (χ2n) is 2.95. The summed E-state index contributed by atoms with van der Waals surface area (Å²) in [6, 6.07) is 5.22. The standard InChI is InChI=1S/C10H7ClN2O/c1-6-10(5-14)13-9-4-7(11)2-3-8(9)12-6/h2-5H,1H3. The van der Waals surface area contributed by atoms with Crippen LogP contribution in [0.5, 0.6) is 0 Å². The first-order valence-electron chi connectivity index (χ1n) is 4.10. The number of nitrogens with zero attached hydrogens (tertiary/aromatic N) is 2. The van der Waals surface area contributed by atoms with Gasteiger partial charge in [0.25, 0.3) is 0 Å². The van der Waals surface area contributed by atoms with E-state index < -0.39 is 0 Å². The second kappa shape index (κ2) is 3.35. The van der Waals surface area contributed by atoms with Crippen LogP contribution in [0.25, 0.3) is 11.0 Å². The third-order valence-electron chi connectivity index (χ3n) is 1.95. The van der Waals surface area contributed by atoms with Crippen molar-refractivity contribution in [2.45, 2.75) is 6.92 Å². The van der Waals surface area contributed by atoms with Gasteiger partial charge in [-0.2, -0.15) is 0 Å². The van der Waals surface area contributed by atoms with Crippen LogP contribution in [0.15, 0.2) is 18.2 Å². The number of hydrogen-bond acceptors (Lipinski definition) is 3. The molecular weight excluding hydrogens is 200 g/mol. The molecule has 0 fully saturated rings. The van der Waals surface area contributed by atoms with Gasteiger partial charge in [-0.1, -0.05) is 11.6 Å². The summed E-state index contributed by atoms with van der Waals surface area (Å²) in [4.78, 5) is 19.0. The first-order chi connectivity index (χ1) is 6.70. The molecule has 0 atom stereocenters. The predicted molar refractivity (Wildman–Crippen MR) is 54.7 cm³/mol. The molecule has 1 aromatic carbocycles. The maximum atomic E-state index is 10.6. The van der Waals surface area contributed by atoms with Gasteiger partial charge in [0.2, 0.25) is 0 Å². The summed E-state index contributed by atoms with van der Waals surface area (Å²) in [7, 11) is 0. The van der Waals surface area contributed by atoms with Crippen LogP contribution in [-0.2, 0) is 0 Å². The summed E-state index contributed by atoms with van der Waals surface area (Å²) < 4.78 is 0. The van der Waals surface area contributed by atoms with Gasteiger partial charge in [-0.25, -0.2) is 9.97 Å². The molecule has 2 aromatic rings. The molecule has 0 spiro atoms. The van der Waals surface area contributed by atoms with Crippen molar-refractivity contribution in [3.63, 3.8) is 0 Å². The number of aryl methyl sites for hydroxylation is 1. The fourth-order valence-corrected chi connectivity index (χ4v) is 1.41. The molecule has 3 nitrogen and oxygen atoms in total. The number of aldehydes is 1. The van der Waals surface area contributed by atoms with Gasteiger partial charge in [0, 0.05) is 5.02 Å². The second-order valence-corrected chi connectivity index (χ2v) is 3.38. The van der Waals surface area contributed by atoms with Crippen molar-refractivity contribution in [1.82, 2.24) is 9.97 Å². The number of aromatic nitrogens is 2. The van der Waals surface area contributed by atoms with Gasteiger partial charge in [-0.15, -0.1) is 0 Å². The molecule has 70 valence electrons. The SMILES string of the molecule is Cc1nc2ccc(Cl)cc2nc1C=O. The van der Waals surface area contributed by atoms with Crippen molar-refractivity contribution in [2.24, 2.45) is 0 Å². The number of hydrogen-bond donors (Lipinski definition) is 0. The van der Waals surface area contributed by atoms with E-state index in [9.17, 15) is 4.79 Å². The van der Waals surface area contributed by atoms with E-state index in [2.05, 4.69) is 9.97 Å². The fraction of sp³-hybridized carbons (Fsp3) is 0.100. The Labute approximate surface area is 85.7 Å². The molecule has 1 heterocycles. The Morgan fingerprint density at radius 3 is 2.79 bits per heavy atom. The average Bonchev–Trinajstić information content (AvgIpc) is 2.17. The monoisotopic (exact) mass is 206 g/mol. The molecule has 1 aromatic heterocycles. The minimum absolute atomic E-state index is 0.361. The topological polar surface area (TPSA) is 42.9 Å². The molecule has 0 aliphatic rings. The lowest BCUT2D eigenvalue weighted by atomic mass is 10.2. The van der Waals surface area contributed by atoms with E-state index in [1.54, 1.807) is 25.1 Å². The average molecular weight is 207 g/mol. The molecule has 2 rings (SSSR count). The van der Waals surface area contributed by atoms with Crippen LogP contribution >= 0.6 is 11.6 Å². The first kappa shape index (κ1) is 9.09. The zero-order chi connectivity index (χ0) is 10.1. The first-order valence-corrected chi connectivity index (χ1v) is 4.47. The Balaban J connectivity index is 2.79. The van der Waals surface area contributed by atoms with Crippen molar-refractivity contribution < 1.29 is 4.79 Å². The number of halogens is 1. The quantitative estimate of drug-likeness (QED) is 0.673. The number of benzene rings is 1. The van der Waals surface area contributed by atoms with E-state index >= 15 is 0 Å². The highest BCUT2D eigenvalue weighted by molar-refractivity contribution is 6.31. The largest absolute Gasteiger partial charge is 0.296 e. The minimum atomic E-state index is 0.361. The van der Waals surface area contributed by atoms with Crippen molar-refractivity contribution >= 4 is 28.9 Å². The van der Waals surface area contributed by atoms with E-state index in [1.807, 2.05) is 0 Å². The number of rotatable bonds is 1. The normalized spacial score (nSPS) is 10.4. The number of fused-ring (bicyclic) bond motifs is 1. The third-order valence-corrected chi connectivity index (χ3v) is 2.18. The molecule has 0 N–H and O–H groups in total. The molecule has 0 bridgehead atoms. The molecule has 0 aliphatic carbocycles. The summed E-state index contributed by atoms with van der Waals surface area (Å²) in [5.41, 5.74) is 2.39. The van der Waals surface area contributed by atoms with Crippen LogP contribution in [0.1, 0.15) is 16.2 Å². The van der Waals surface area contributed by atoms with Crippen LogP contribution in [0.2, 0.25) is 5.02 Å². The summed E-state index contributed by atoms with van der Waals surface area (Å²) in [5.74, 6) is 0. The van der Waals surface area contributed by atoms with E-state index in [0.29, 0.717) is 28.2 Å². The molecule has 0 saturated heterocycles. The smallest absolute Gasteiger partial charge is 0.170 e. The Morgan fingerprint density at radius 1 is 1.29 bits per heavy atom. The maximum Gasteiger partial charge on any atom is 0.170 e. The van der Waals surface area contributed by atoms with Crippen LogP contribution < -0.4 is 0 Å². The van der Waals surface area contributed by atoms with Crippen molar-refractivity contribution in [1.29, 1.82) is 0 Å². The van der Waals surface area contributed by atoms with Crippen LogP contribution in [0.3, 0.4) is 0 Å². The number of carbonyl (C=O) groups excluding carboxylic acids is 1. The van der Waals surface area contributed by atoms with Gasteiger partial charge < -0.3 is 0 Å². The van der Waals surface area contributed by atoms with E-state index in [1.165, 1.54) is 0 Å². The lowest BCUT2D eigenvalue weighted by Crippen LogP contribution is -1.96. The highest BCUT2D eigenvalue weighted by Gasteiger charge is 2.03. The summed E-state index contributed by atoms with van der Waals surface area (Å²) in [6.07, 6.45) is 0.697. The van der Waals surface area contributed by atoms with Gasteiger partial charge in [0.05, 0.1) is 16.7 Å². The summed E-state index contributed by atoms with van der Waals surface area (Å²) >= 11 is 5.80. The highest BCUT2D eigenvalue weighted by Crippen LogP contribution is 2.16. The molecule has 0 radical (unpaired) electrons. The molecule has 0 aliphatic heterocycles. The van der Waals surface area contributed by atoms with Crippen molar-refractivity contribution in [3.8, 4) is 0 Å². The Kier molecular flexibility index (Phi) is 2.17. The molecule has 0 amide bonds. The van der Waals surface area contributed by atoms with Crippen LogP contribution in [0.4, 0.5) is 0 Å². The van der Waals surface area contributed by atoms with E-state index in [4.69, 9.17) is 11.6 Å². The van der Waals surface area contributed by atoms with Crippen molar-refractivity contribution in [2.75, 3.05) is 0 Å². The molecule has 0 saturated carbocycles. The lowest BCUT2D eigenvalue weighted by Gasteiger charge is -2.00. The zero-order valence-corrected chi connectivity index (χ0v) is 8.25. The van der Waals surface area contributed by atoms with Gasteiger partial charge >= 0.3 is 0 Å². The van der Waals surface area contributed by atoms with Gasteiger partial charge in [-0.3, -0.25) is 4.79 Å². The zero-order valence-electron chi connectivity index (χ0n) is 7.49. The minimum Gasteiger partial charge on any atom is -0.296 e. The molecule has 0 unspecified atom stereocenters. The lowest BCUT2D eigenvalue weighted by molar-refractivity contribution is 0.111. The van der Waals surface area contributed by atoms with Crippen LogP contribution in [0, 0.1) is 6.92 Å². The number of carbonyl (C=O) groups is 1. The van der Waals surface area contributed by atoms with Crippen LogP contribution in [-0.4, -0.2) is 16.3 Å². The third kappa shape index (κ3) is 1.46.